The Bertz CT molecular complexity index is 263. The molecule has 1 rings (SSSR count). The van der Waals surface area contributed by atoms with Gasteiger partial charge < -0.3 is 19.7 Å². The normalized spacial score (nSPS) is 16.7. The average Bonchev–Trinajstić information content (AvgIpc) is 2.39. The zero-order chi connectivity index (χ0) is 14.1. The van der Waals surface area contributed by atoms with Crippen molar-refractivity contribution in [1.82, 2.24) is 10.2 Å². The Balaban J connectivity index is 2.15. The number of amides is 1. The Morgan fingerprint density at radius 2 is 1.95 bits per heavy atom. The number of hydrogen-bond donors (Lipinski definition) is 1. The third-order valence-corrected chi connectivity index (χ3v) is 3.33. The maximum Gasteiger partial charge on any atom is 0.224 e. The SMILES string of the molecule is CCOCCC(C)(C)OCCC(=O)N1CCNCC1. The van der Waals surface area contributed by atoms with Gasteiger partial charge in [0.1, 0.15) is 0 Å². The van der Waals surface area contributed by atoms with Crippen molar-refractivity contribution < 1.29 is 14.3 Å². The van der Waals surface area contributed by atoms with E-state index in [0.717, 1.165) is 39.2 Å². The number of ether oxygens (including phenoxy) is 2. The number of nitrogens with one attached hydrogen (secondary N) is 1. The van der Waals surface area contributed by atoms with Gasteiger partial charge in [-0.2, -0.15) is 0 Å². The third-order valence-electron chi connectivity index (χ3n) is 3.33. The van der Waals surface area contributed by atoms with E-state index in [2.05, 4.69) is 5.32 Å². The van der Waals surface area contributed by atoms with Crippen LogP contribution < -0.4 is 5.32 Å². The van der Waals surface area contributed by atoms with Gasteiger partial charge in [0, 0.05) is 39.4 Å². The number of piperazine rings is 1. The minimum Gasteiger partial charge on any atom is -0.382 e. The number of carbonyl (C=O) groups excluding carboxylic acids is 1. The van der Waals surface area contributed by atoms with Gasteiger partial charge in [-0.25, -0.2) is 0 Å². The molecule has 19 heavy (non-hydrogen) atoms. The van der Waals surface area contributed by atoms with Crippen LogP contribution >= 0.6 is 0 Å². The second kappa shape index (κ2) is 8.51. The molecule has 112 valence electrons. The Morgan fingerprint density at radius 1 is 1.26 bits per heavy atom. The molecular weight excluding hydrogens is 244 g/mol. The molecule has 0 radical (unpaired) electrons. The zero-order valence-corrected chi connectivity index (χ0v) is 12.5. The van der Waals surface area contributed by atoms with Crippen molar-refractivity contribution in [2.45, 2.75) is 39.2 Å². The Morgan fingerprint density at radius 3 is 2.58 bits per heavy atom. The summed E-state index contributed by atoms with van der Waals surface area (Å²) in [7, 11) is 0. The minimum atomic E-state index is -0.223. The summed E-state index contributed by atoms with van der Waals surface area (Å²) in [5.41, 5.74) is -0.223. The summed E-state index contributed by atoms with van der Waals surface area (Å²) >= 11 is 0. The van der Waals surface area contributed by atoms with E-state index in [-0.39, 0.29) is 11.5 Å². The number of nitrogens with zero attached hydrogens (tertiary/aromatic N) is 1. The van der Waals surface area contributed by atoms with Crippen LogP contribution in [0.3, 0.4) is 0 Å². The van der Waals surface area contributed by atoms with E-state index < -0.39 is 0 Å². The molecule has 1 aliphatic heterocycles. The number of rotatable bonds is 8. The molecule has 0 unspecified atom stereocenters. The van der Waals surface area contributed by atoms with E-state index >= 15 is 0 Å². The fourth-order valence-corrected chi connectivity index (χ4v) is 2.02. The van der Waals surface area contributed by atoms with Crippen LogP contribution in [0.1, 0.15) is 33.6 Å². The molecule has 0 atom stereocenters. The average molecular weight is 272 g/mol. The molecule has 5 heteroatoms. The second-order valence-corrected chi connectivity index (χ2v) is 5.44. The van der Waals surface area contributed by atoms with Crippen LogP contribution in [0, 0.1) is 0 Å². The number of hydrogen-bond acceptors (Lipinski definition) is 4. The summed E-state index contributed by atoms with van der Waals surface area (Å²) in [5, 5.41) is 3.24. The van der Waals surface area contributed by atoms with E-state index in [1.54, 1.807) is 0 Å². The highest BCUT2D eigenvalue weighted by molar-refractivity contribution is 5.76. The van der Waals surface area contributed by atoms with Gasteiger partial charge in [-0.3, -0.25) is 4.79 Å². The van der Waals surface area contributed by atoms with Crippen molar-refractivity contribution in [1.29, 1.82) is 0 Å². The first-order chi connectivity index (χ1) is 9.05. The van der Waals surface area contributed by atoms with Gasteiger partial charge in [0.25, 0.3) is 0 Å². The fraction of sp³-hybridized carbons (Fsp3) is 0.929. The summed E-state index contributed by atoms with van der Waals surface area (Å²) in [6.45, 7) is 11.4. The highest BCUT2D eigenvalue weighted by Crippen LogP contribution is 2.15. The predicted octanol–water partition coefficient (Wildman–Crippen LogP) is 1.03. The van der Waals surface area contributed by atoms with Crippen molar-refractivity contribution in [2.75, 3.05) is 46.0 Å². The van der Waals surface area contributed by atoms with Crippen molar-refractivity contribution in [3.8, 4) is 0 Å². The standard InChI is InChI=1S/C14H28N2O3/c1-4-18-12-6-14(2,3)19-11-5-13(17)16-9-7-15-8-10-16/h15H,4-12H2,1-3H3. The molecule has 0 aromatic heterocycles. The van der Waals surface area contributed by atoms with Crippen molar-refractivity contribution in [2.24, 2.45) is 0 Å². The lowest BCUT2D eigenvalue weighted by atomic mass is 10.1. The lowest BCUT2D eigenvalue weighted by Gasteiger charge is -2.29. The van der Waals surface area contributed by atoms with E-state index in [1.165, 1.54) is 0 Å². The van der Waals surface area contributed by atoms with E-state index in [0.29, 0.717) is 19.6 Å². The molecule has 1 fully saturated rings. The molecule has 1 heterocycles. The Kier molecular flexibility index (Phi) is 7.34. The van der Waals surface area contributed by atoms with Gasteiger partial charge in [-0.1, -0.05) is 0 Å². The molecular formula is C14H28N2O3. The van der Waals surface area contributed by atoms with Gasteiger partial charge in [0.2, 0.25) is 5.91 Å². The predicted molar refractivity (Wildman–Crippen MR) is 75.2 cm³/mol. The second-order valence-electron chi connectivity index (χ2n) is 5.44. The van der Waals surface area contributed by atoms with Gasteiger partial charge in [0.15, 0.2) is 0 Å². The first-order valence-corrected chi connectivity index (χ1v) is 7.25. The molecule has 0 bridgehead atoms. The minimum absolute atomic E-state index is 0.196. The lowest BCUT2D eigenvalue weighted by molar-refractivity contribution is -0.134. The number of carbonyl (C=O) groups is 1. The van der Waals surface area contributed by atoms with Crippen LogP contribution in [0.25, 0.3) is 0 Å². The topological polar surface area (TPSA) is 50.8 Å². The van der Waals surface area contributed by atoms with Gasteiger partial charge in [-0.05, 0) is 27.2 Å². The summed E-state index contributed by atoms with van der Waals surface area (Å²) in [6, 6.07) is 0. The van der Waals surface area contributed by atoms with Crippen molar-refractivity contribution in [3.05, 3.63) is 0 Å². The first-order valence-electron chi connectivity index (χ1n) is 7.25. The molecule has 1 aliphatic rings. The largest absolute Gasteiger partial charge is 0.382 e. The fourth-order valence-electron chi connectivity index (χ4n) is 2.02. The molecule has 0 spiro atoms. The van der Waals surface area contributed by atoms with E-state index in [9.17, 15) is 4.79 Å². The summed E-state index contributed by atoms with van der Waals surface area (Å²) < 4.78 is 11.1. The highest BCUT2D eigenvalue weighted by atomic mass is 16.5. The quantitative estimate of drug-likeness (QED) is 0.671. The summed E-state index contributed by atoms with van der Waals surface area (Å²) in [4.78, 5) is 13.8. The molecule has 0 aliphatic carbocycles. The van der Waals surface area contributed by atoms with Crippen LogP contribution in [-0.2, 0) is 14.3 Å². The van der Waals surface area contributed by atoms with Crippen LogP contribution in [0.5, 0.6) is 0 Å². The first kappa shape index (κ1) is 16.4. The maximum atomic E-state index is 11.9. The van der Waals surface area contributed by atoms with E-state index in [1.807, 2.05) is 25.7 Å². The van der Waals surface area contributed by atoms with Gasteiger partial charge in [0.05, 0.1) is 18.6 Å². The highest BCUT2D eigenvalue weighted by Gasteiger charge is 2.20. The molecule has 1 N–H and O–H groups in total. The summed E-state index contributed by atoms with van der Waals surface area (Å²) in [6.07, 6.45) is 1.32. The van der Waals surface area contributed by atoms with Gasteiger partial charge >= 0.3 is 0 Å². The molecule has 0 saturated carbocycles. The van der Waals surface area contributed by atoms with Crippen LogP contribution in [0.2, 0.25) is 0 Å². The molecule has 0 aromatic rings. The van der Waals surface area contributed by atoms with Crippen LogP contribution in [-0.4, -0.2) is 62.4 Å². The zero-order valence-electron chi connectivity index (χ0n) is 12.5. The maximum absolute atomic E-state index is 11.9. The molecule has 1 saturated heterocycles. The Labute approximate surface area is 116 Å². The molecule has 1 amide bonds. The van der Waals surface area contributed by atoms with Gasteiger partial charge in [-0.15, -0.1) is 0 Å². The smallest absolute Gasteiger partial charge is 0.224 e. The van der Waals surface area contributed by atoms with Crippen LogP contribution in [0.15, 0.2) is 0 Å². The lowest BCUT2D eigenvalue weighted by Crippen LogP contribution is -2.46. The van der Waals surface area contributed by atoms with E-state index in [4.69, 9.17) is 9.47 Å². The monoisotopic (exact) mass is 272 g/mol. The summed E-state index contributed by atoms with van der Waals surface area (Å²) in [5.74, 6) is 0.196. The van der Waals surface area contributed by atoms with Crippen molar-refractivity contribution >= 4 is 5.91 Å². The Hall–Kier alpha value is -0.650. The molecule has 0 aromatic carbocycles. The van der Waals surface area contributed by atoms with Crippen molar-refractivity contribution in [3.63, 3.8) is 0 Å². The third kappa shape index (κ3) is 6.89. The van der Waals surface area contributed by atoms with Crippen LogP contribution in [0.4, 0.5) is 0 Å². The molecule has 5 nitrogen and oxygen atoms in total.